The van der Waals surface area contributed by atoms with Gasteiger partial charge in [0.2, 0.25) is 0 Å². The minimum absolute atomic E-state index is 0.0444. The van der Waals surface area contributed by atoms with E-state index in [-0.39, 0.29) is 22.9 Å². The highest BCUT2D eigenvalue weighted by molar-refractivity contribution is 5.99. The Bertz CT molecular complexity index is 448. The van der Waals surface area contributed by atoms with Crippen LogP contribution in [0.15, 0.2) is 18.2 Å². The highest BCUT2D eigenvalue weighted by Crippen LogP contribution is 2.44. The predicted octanol–water partition coefficient (Wildman–Crippen LogP) is 4.14. The molecule has 0 amide bonds. The Hall–Kier alpha value is -1.18. The molecule has 0 aliphatic heterocycles. The van der Waals surface area contributed by atoms with Gasteiger partial charge in [-0.1, -0.05) is 26.3 Å². The lowest BCUT2D eigenvalue weighted by molar-refractivity contribution is 0.0838. The minimum atomic E-state index is -0.324. The van der Waals surface area contributed by atoms with Gasteiger partial charge in [0.25, 0.3) is 0 Å². The van der Waals surface area contributed by atoms with Gasteiger partial charge < -0.3 is 0 Å². The van der Waals surface area contributed by atoms with E-state index >= 15 is 0 Å². The van der Waals surface area contributed by atoms with E-state index in [0.717, 1.165) is 24.8 Å². The molecule has 92 valence electrons. The fourth-order valence-corrected chi connectivity index (χ4v) is 2.86. The standard InChI is InChI=1S/C15H19FO/c1-10-6-7-11(16)9-12(10)14(17)13-5-4-8-15(13,2)3/h6-7,9,13H,4-5,8H2,1-3H3. The summed E-state index contributed by atoms with van der Waals surface area (Å²) >= 11 is 0. The third kappa shape index (κ3) is 2.26. The molecule has 1 nitrogen and oxygen atoms in total. The monoisotopic (exact) mass is 234 g/mol. The molecule has 0 radical (unpaired) electrons. The average molecular weight is 234 g/mol. The number of halogens is 1. The molecule has 1 aliphatic carbocycles. The Morgan fingerprint density at radius 1 is 1.41 bits per heavy atom. The lowest BCUT2D eigenvalue weighted by Crippen LogP contribution is -2.26. The van der Waals surface area contributed by atoms with Gasteiger partial charge in [0.15, 0.2) is 5.78 Å². The fourth-order valence-electron chi connectivity index (χ4n) is 2.86. The number of hydrogen-bond acceptors (Lipinski definition) is 1. The van der Waals surface area contributed by atoms with Crippen LogP contribution < -0.4 is 0 Å². The summed E-state index contributed by atoms with van der Waals surface area (Å²) in [7, 11) is 0. The molecule has 1 atom stereocenters. The van der Waals surface area contributed by atoms with Gasteiger partial charge in [0, 0.05) is 11.5 Å². The Kier molecular flexibility index (Phi) is 3.07. The van der Waals surface area contributed by atoms with Crippen LogP contribution in [0.5, 0.6) is 0 Å². The summed E-state index contributed by atoms with van der Waals surface area (Å²) in [6.45, 7) is 6.14. The van der Waals surface area contributed by atoms with Crippen LogP contribution >= 0.6 is 0 Å². The van der Waals surface area contributed by atoms with E-state index in [0.29, 0.717) is 5.56 Å². The van der Waals surface area contributed by atoms with Crippen molar-refractivity contribution in [2.75, 3.05) is 0 Å². The highest BCUT2D eigenvalue weighted by Gasteiger charge is 2.39. The molecule has 0 bridgehead atoms. The smallest absolute Gasteiger partial charge is 0.166 e. The maximum absolute atomic E-state index is 13.2. The number of rotatable bonds is 2. The van der Waals surface area contributed by atoms with Gasteiger partial charge in [-0.3, -0.25) is 4.79 Å². The van der Waals surface area contributed by atoms with E-state index in [1.807, 2.05) is 6.92 Å². The second kappa shape index (κ2) is 4.25. The second-order valence-electron chi connectivity index (χ2n) is 5.76. The number of aryl methyl sites for hydroxylation is 1. The van der Waals surface area contributed by atoms with Crippen molar-refractivity contribution in [2.24, 2.45) is 11.3 Å². The topological polar surface area (TPSA) is 17.1 Å². The Morgan fingerprint density at radius 2 is 2.12 bits per heavy atom. The Balaban J connectivity index is 2.34. The van der Waals surface area contributed by atoms with Crippen LogP contribution in [0, 0.1) is 24.1 Å². The maximum Gasteiger partial charge on any atom is 0.166 e. The Morgan fingerprint density at radius 3 is 2.71 bits per heavy atom. The third-order valence-electron chi connectivity index (χ3n) is 4.04. The van der Waals surface area contributed by atoms with Crippen LogP contribution in [0.1, 0.15) is 49.0 Å². The van der Waals surface area contributed by atoms with Crippen molar-refractivity contribution >= 4 is 5.78 Å². The molecule has 2 heteroatoms. The third-order valence-corrected chi connectivity index (χ3v) is 4.04. The number of ketones is 1. The van der Waals surface area contributed by atoms with Gasteiger partial charge in [0.05, 0.1) is 0 Å². The van der Waals surface area contributed by atoms with Crippen molar-refractivity contribution in [3.05, 3.63) is 35.1 Å². The summed E-state index contributed by atoms with van der Waals surface area (Å²) in [4.78, 5) is 12.5. The van der Waals surface area contributed by atoms with Crippen LogP contribution in [0.2, 0.25) is 0 Å². The van der Waals surface area contributed by atoms with Gasteiger partial charge in [-0.25, -0.2) is 4.39 Å². The van der Waals surface area contributed by atoms with Gasteiger partial charge in [-0.15, -0.1) is 0 Å². The van der Waals surface area contributed by atoms with E-state index in [4.69, 9.17) is 0 Å². The first-order valence-electron chi connectivity index (χ1n) is 6.22. The molecular weight excluding hydrogens is 215 g/mol. The summed E-state index contributed by atoms with van der Waals surface area (Å²) < 4.78 is 13.2. The molecule has 0 aromatic heterocycles. The number of benzene rings is 1. The Labute approximate surface area is 102 Å². The molecule has 1 unspecified atom stereocenters. The molecule has 0 heterocycles. The van der Waals surface area contributed by atoms with Crippen molar-refractivity contribution in [1.29, 1.82) is 0 Å². The predicted molar refractivity (Wildman–Crippen MR) is 66.6 cm³/mol. The van der Waals surface area contributed by atoms with E-state index in [1.54, 1.807) is 6.07 Å². The highest BCUT2D eigenvalue weighted by atomic mass is 19.1. The number of hydrogen-bond donors (Lipinski definition) is 0. The quantitative estimate of drug-likeness (QED) is 0.703. The van der Waals surface area contributed by atoms with Gasteiger partial charge in [-0.2, -0.15) is 0 Å². The number of carbonyl (C=O) groups is 1. The molecule has 0 saturated heterocycles. The van der Waals surface area contributed by atoms with Crippen molar-refractivity contribution in [3.63, 3.8) is 0 Å². The summed E-state index contributed by atoms with van der Waals surface area (Å²) in [5, 5.41) is 0. The maximum atomic E-state index is 13.2. The van der Waals surface area contributed by atoms with Crippen LogP contribution in [0.4, 0.5) is 4.39 Å². The average Bonchev–Trinajstić information content (AvgIpc) is 2.61. The summed E-state index contributed by atoms with van der Waals surface area (Å²) in [5.41, 5.74) is 1.49. The van der Waals surface area contributed by atoms with Gasteiger partial charge in [0.1, 0.15) is 5.82 Å². The van der Waals surface area contributed by atoms with Crippen LogP contribution in [0.3, 0.4) is 0 Å². The van der Waals surface area contributed by atoms with Crippen molar-refractivity contribution < 1.29 is 9.18 Å². The second-order valence-corrected chi connectivity index (χ2v) is 5.76. The summed E-state index contributed by atoms with van der Waals surface area (Å²) in [6.07, 6.45) is 3.11. The van der Waals surface area contributed by atoms with Crippen LogP contribution in [0.25, 0.3) is 0 Å². The minimum Gasteiger partial charge on any atom is -0.294 e. The molecule has 17 heavy (non-hydrogen) atoms. The number of Topliss-reactive ketones (excluding diaryl/α,β-unsaturated/α-hetero) is 1. The molecule has 1 aromatic rings. The zero-order chi connectivity index (χ0) is 12.6. The van der Waals surface area contributed by atoms with Crippen molar-refractivity contribution in [3.8, 4) is 0 Å². The van der Waals surface area contributed by atoms with Gasteiger partial charge in [-0.05, 0) is 42.9 Å². The lowest BCUT2D eigenvalue weighted by atomic mass is 9.77. The van der Waals surface area contributed by atoms with Crippen LogP contribution in [-0.2, 0) is 0 Å². The van der Waals surface area contributed by atoms with Crippen molar-refractivity contribution in [1.82, 2.24) is 0 Å². The molecular formula is C15H19FO. The first kappa shape index (κ1) is 12.3. The molecule has 1 aliphatic rings. The van der Waals surface area contributed by atoms with E-state index < -0.39 is 0 Å². The first-order valence-corrected chi connectivity index (χ1v) is 6.22. The molecule has 0 spiro atoms. The SMILES string of the molecule is Cc1ccc(F)cc1C(=O)C1CCCC1(C)C. The van der Waals surface area contributed by atoms with E-state index in [9.17, 15) is 9.18 Å². The lowest BCUT2D eigenvalue weighted by Gasteiger charge is -2.26. The summed E-state index contributed by atoms with van der Waals surface area (Å²) in [6, 6.07) is 4.47. The molecule has 1 aromatic carbocycles. The first-order chi connectivity index (χ1) is 7.92. The van der Waals surface area contributed by atoms with E-state index in [2.05, 4.69) is 13.8 Å². The molecule has 1 saturated carbocycles. The van der Waals surface area contributed by atoms with Crippen molar-refractivity contribution in [2.45, 2.75) is 40.0 Å². The number of carbonyl (C=O) groups excluding carboxylic acids is 1. The zero-order valence-electron chi connectivity index (χ0n) is 10.7. The molecule has 2 rings (SSSR count). The largest absolute Gasteiger partial charge is 0.294 e. The molecule has 1 fully saturated rings. The van der Waals surface area contributed by atoms with E-state index in [1.165, 1.54) is 12.1 Å². The zero-order valence-corrected chi connectivity index (χ0v) is 10.7. The normalized spacial score (nSPS) is 22.7. The van der Waals surface area contributed by atoms with Gasteiger partial charge >= 0.3 is 0 Å². The fraction of sp³-hybridized carbons (Fsp3) is 0.533. The summed E-state index contributed by atoms with van der Waals surface area (Å²) in [5.74, 6) is -0.165. The molecule has 0 N–H and O–H groups in total. The van der Waals surface area contributed by atoms with Crippen LogP contribution in [-0.4, -0.2) is 5.78 Å².